The summed E-state index contributed by atoms with van der Waals surface area (Å²) in [6.45, 7) is 2.00. The topological polar surface area (TPSA) is 54.5 Å². The number of tetrazole rings is 1. The summed E-state index contributed by atoms with van der Waals surface area (Å²) in [5.74, 6) is 1.76. The highest BCUT2D eigenvalue weighted by molar-refractivity contribution is 7.80. The fraction of sp³-hybridized carbons (Fsp3) is 0.750. The number of hydrogen-bond acceptors (Lipinski definition) is 4. The number of aromatic amines is 1. The molecular formula is C4H8N4S. The van der Waals surface area contributed by atoms with Crippen LogP contribution in [0.4, 0.5) is 0 Å². The molecule has 5 heteroatoms. The van der Waals surface area contributed by atoms with Gasteiger partial charge >= 0.3 is 0 Å². The van der Waals surface area contributed by atoms with E-state index in [9.17, 15) is 0 Å². The molecule has 9 heavy (non-hydrogen) atoms. The summed E-state index contributed by atoms with van der Waals surface area (Å²) < 4.78 is 0. The predicted octanol–water partition coefficient (Wildman–Crippen LogP) is 0.233. The van der Waals surface area contributed by atoms with Gasteiger partial charge in [0.15, 0.2) is 5.82 Å². The van der Waals surface area contributed by atoms with Crippen LogP contribution in [-0.4, -0.2) is 26.4 Å². The molecule has 0 saturated heterocycles. The molecule has 1 atom stereocenters. The van der Waals surface area contributed by atoms with Crippen LogP contribution in [0, 0.1) is 0 Å². The second-order valence-corrected chi connectivity index (χ2v) is 2.22. The maximum atomic E-state index is 4.08. The van der Waals surface area contributed by atoms with E-state index >= 15 is 0 Å². The van der Waals surface area contributed by atoms with Crippen LogP contribution in [0.3, 0.4) is 0 Å². The molecule has 1 aromatic heterocycles. The molecule has 50 valence electrons. The van der Waals surface area contributed by atoms with E-state index in [0.29, 0.717) is 0 Å². The van der Waals surface area contributed by atoms with E-state index in [4.69, 9.17) is 0 Å². The van der Waals surface area contributed by atoms with Gasteiger partial charge in [0.1, 0.15) is 0 Å². The fourth-order valence-corrected chi connectivity index (χ4v) is 0.623. The normalized spacial score (nSPS) is 13.6. The predicted molar refractivity (Wildman–Crippen MR) is 36.4 cm³/mol. The third-order valence-corrected chi connectivity index (χ3v) is 1.62. The van der Waals surface area contributed by atoms with E-state index in [1.165, 1.54) is 0 Å². The summed E-state index contributed by atoms with van der Waals surface area (Å²) in [7, 11) is 0. The largest absolute Gasteiger partial charge is 0.179 e. The van der Waals surface area contributed by atoms with Crippen molar-refractivity contribution in [2.75, 3.05) is 5.75 Å². The first-order valence-corrected chi connectivity index (χ1v) is 3.32. The summed E-state index contributed by atoms with van der Waals surface area (Å²) in [5, 5.41) is 13.4. The zero-order valence-corrected chi connectivity index (χ0v) is 5.97. The van der Waals surface area contributed by atoms with Crippen molar-refractivity contribution in [3.8, 4) is 0 Å². The fourth-order valence-electron chi connectivity index (χ4n) is 0.460. The molecule has 0 aliphatic heterocycles. The molecule has 0 radical (unpaired) electrons. The maximum absolute atomic E-state index is 4.08. The average molecular weight is 144 g/mol. The summed E-state index contributed by atoms with van der Waals surface area (Å²) in [6.07, 6.45) is 0. The Kier molecular flexibility index (Phi) is 2.05. The van der Waals surface area contributed by atoms with Crippen molar-refractivity contribution in [2.45, 2.75) is 12.8 Å². The molecule has 1 N–H and O–H groups in total. The summed E-state index contributed by atoms with van der Waals surface area (Å²) in [5.41, 5.74) is 0. The van der Waals surface area contributed by atoms with Crippen molar-refractivity contribution in [1.82, 2.24) is 20.6 Å². The molecule has 0 bridgehead atoms. The average Bonchev–Trinajstić information content (AvgIpc) is 2.37. The maximum Gasteiger partial charge on any atom is 0.178 e. The van der Waals surface area contributed by atoms with Gasteiger partial charge in [0.2, 0.25) is 0 Å². The molecule has 0 amide bonds. The first-order valence-electron chi connectivity index (χ1n) is 2.68. The monoisotopic (exact) mass is 144 g/mol. The number of thiol groups is 1. The SMILES string of the molecule is CC(CS)c1nn[nH]n1. The highest BCUT2D eigenvalue weighted by atomic mass is 32.1. The standard InChI is InChI=1S/C4H8N4S/c1-3(2-9)4-5-7-8-6-4/h3,9H,2H2,1H3,(H,5,6,7,8). The Bertz CT molecular complexity index is 161. The van der Waals surface area contributed by atoms with Crippen LogP contribution in [0.5, 0.6) is 0 Å². The second kappa shape index (κ2) is 2.82. The zero-order chi connectivity index (χ0) is 6.69. The molecule has 0 aliphatic rings. The minimum absolute atomic E-state index is 0.284. The van der Waals surface area contributed by atoms with Gasteiger partial charge in [-0.25, -0.2) is 0 Å². The van der Waals surface area contributed by atoms with Crippen LogP contribution in [0.25, 0.3) is 0 Å². The Morgan fingerprint density at radius 2 is 2.56 bits per heavy atom. The molecule has 1 unspecified atom stereocenters. The molecule has 0 fully saturated rings. The number of rotatable bonds is 2. The molecule has 0 spiro atoms. The number of nitrogens with zero attached hydrogens (tertiary/aromatic N) is 3. The van der Waals surface area contributed by atoms with Crippen molar-refractivity contribution >= 4 is 12.6 Å². The van der Waals surface area contributed by atoms with Crippen LogP contribution in [-0.2, 0) is 0 Å². The van der Waals surface area contributed by atoms with Crippen molar-refractivity contribution in [1.29, 1.82) is 0 Å². The second-order valence-electron chi connectivity index (χ2n) is 1.85. The van der Waals surface area contributed by atoms with E-state index in [2.05, 4.69) is 33.3 Å². The van der Waals surface area contributed by atoms with Gasteiger partial charge in [-0.3, -0.25) is 0 Å². The molecule has 0 saturated carbocycles. The van der Waals surface area contributed by atoms with E-state index in [1.807, 2.05) is 6.92 Å². The van der Waals surface area contributed by atoms with Crippen LogP contribution in [0.2, 0.25) is 0 Å². The smallest absolute Gasteiger partial charge is 0.178 e. The van der Waals surface area contributed by atoms with E-state index in [1.54, 1.807) is 0 Å². The van der Waals surface area contributed by atoms with Crippen LogP contribution in [0.1, 0.15) is 18.7 Å². The van der Waals surface area contributed by atoms with Gasteiger partial charge in [-0.1, -0.05) is 12.1 Å². The van der Waals surface area contributed by atoms with Crippen molar-refractivity contribution < 1.29 is 0 Å². The van der Waals surface area contributed by atoms with Gasteiger partial charge in [0.25, 0.3) is 0 Å². The van der Waals surface area contributed by atoms with Crippen molar-refractivity contribution in [3.63, 3.8) is 0 Å². The van der Waals surface area contributed by atoms with E-state index in [-0.39, 0.29) is 5.92 Å². The molecule has 1 heterocycles. The van der Waals surface area contributed by atoms with Crippen LogP contribution in [0.15, 0.2) is 0 Å². The lowest BCUT2D eigenvalue weighted by Gasteiger charge is -1.97. The summed E-state index contributed by atoms with van der Waals surface area (Å²) >= 11 is 4.08. The lowest BCUT2D eigenvalue weighted by atomic mass is 10.2. The number of aromatic nitrogens is 4. The molecule has 4 nitrogen and oxygen atoms in total. The van der Waals surface area contributed by atoms with Crippen molar-refractivity contribution in [2.24, 2.45) is 0 Å². The Morgan fingerprint density at radius 3 is 3.00 bits per heavy atom. The zero-order valence-electron chi connectivity index (χ0n) is 5.07. The third-order valence-electron chi connectivity index (χ3n) is 1.08. The minimum atomic E-state index is 0.284. The quantitative estimate of drug-likeness (QED) is 0.584. The van der Waals surface area contributed by atoms with E-state index in [0.717, 1.165) is 11.6 Å². The lowest BCUT2D eigenvalue weighted by Crippen LogP contribution is -1.96. The minimum Gasteiger partial charge on any atom is -0.179 e. The first-order chi connectivity index (χ1) is 4.34. The molecule has 1 rings (SSSR count). The lowest BCUT2D eigenvalue weighted by molar-refractivity contribution is 0.791. The Hall–Kier alpha value is -0.580. The third kappa shape index (κ3) is 1.41. The van der Waals surface area contributed by atoms with Crippen molar-refractivity contribution in [3.05, 3.63) is 5.82 Å². The molecule has 0 aliphatic carbocycles. The summed E-state index contributed by atoms with van der Waals surface area (Å²) in [4.78, 5) is 0. The van der Waals surface area contributed by atoms with Gasteiger partial charge in [-0.05, 0) is 0 Å². The highest BCUT2D eigenvalue weighted by Crippen LogP contribution is 2.07. The van der Waals surface area contributed by atoms with Gasteiger partial charge in [0.05, 0.1) is 0 Å². The summed E-state index contributed by atoms with van der Waals surface area (Å²) in [6, 6.07) is 0. The van der Waals surface area contributed by atoms with Crippen LogP contribution < -0.4 is 0 Å². The van der Waals surface area contributed by atoms with E-state index < -0.39 is 0 Å². The Labute approximate surface area is 58.5 Å². The van der Waals surface area contributed by atoms with Gasteiger partial charge < -0.3 is 0 Å². The number of H-pyrrole nitrogens is 1. The molecule has 1 aromatic rings. The molecule has 0 aromatic carbocycles. The highest BCUT2D eigenvalue weighted by Gasteiger charge is 2.06. The number of hydrogen-bond donors (Lipinski definition) is 2. The first kappa shape index (κ1) is 6.54. The van der Waals surface area contributed by atoms with Gasteiger partial charge in [-0.15, -0.1) is 10.2 Å². The van der Waals surface area contributed by atoms with Crippen LogP contribution >= 0.6 is 12.6 Å². The van der Waals surface area contributed by atoms with Gasteiger partial charge in [-0.2, -0.15) is 17.8 Å². The Balaban J connectivity index is 2.65. The van der Waals surface area contributed by atoms with Gasteiger partial charge in [0, 0.05) is 11.7 Å². The molecular weight excluding hydrogens is 136 g/mol. The Morgan fingerprint density at radius 1 is 1.78 bits per heavy atom. The number of nitrogens with one attached hydrogen (secondary N) is 1.